The fourth-order valence-electron chi connectivity index (χ4n) is 2.46. The summed E-state index contributed by atoms with van der Waals surface area (Å²) in [5.74, 6) is 0. The molecule has 0 spiro atoms. The van der Waals surface area contributed by atoms with Crippen molar-refractivity contribution in [1.29, 1.82) is 0 Å². The van der Waals surface area contributed by atoms with Crippen molar-refractivity contribution in [2.24, 2.45) is 5.41 Å². The van der Waals surface area contributed by atoms with Crippen molar-refractivity contribution in [1.82, 2.24) is 4.67 Å². The second kappa shape index (κ2) is 11.9. The topological polar surface area (TPSA) is 66.5 Å². The molecule has 0 aromatic carbocycles. The Labute approximate surface area is 165 Å². The number of hydrogen-bond donors (Lipinski definition) is 0. The summed E-state index contributed by atoms with van der Waals surface area (Å²) in [6.45, 7) is 17.7. The lowest BCUT2D eigenvalue weighted by atomic mass is 9.99. The SMILES string of the molecule is CC(C)(C)COP(=O)(N1CCOCCOCCOCCOCC1)C(C)(C)C. The van der Waals surface area contributed by atoms with Crippen LogP contribution >= 0.6 is 7.52 Å². The highest BCUT2D eigenvalue weighted by Gasteiger charge is 2.44. The molecule has 1 fully saturated rings. The molecule has 1 aliphatic rings. The van der Waals surface area contributed by atoms with E-state index >= 15 is 0 Å². The molecule has 0 radical (unpaired) electrons. The Morgan fingerprint density at radius 2 is 1.11 bits per heavy atom. The molecule has 0 amide bonds. The minimum absolute atomic E-state index is 0.0660. The normalized spacial score (nSPS) is 23.2. The zero-order valence-electron chi connectivity index (χ0n) is 18.1. The quantitative estimate of drug-likeness (QED) is 0.662. The summed E-state index contributed by atoms with van der Waals surface area (Å²) in [6, 6.07) is 0. The Balaban J connectivity index is 2.83. The Hall–Kier alpha value is -0.0100. The van der Waals surface area contributed by atoms with E-state index in [2.05, 4.69) is 20.8 Å². The van der Waals surface area contributed by atoms with Gasteiger partial charge >= 0.3 is 0 Å². The zero-order valence-corrected chi connectivity index (χ0v) is 19.0. The van der Waals surface area contributed by atoms with Gasteiger partial charge in [-0.05, 0) is 26.2 Å². The second-order valence-electron chi connectivity index (χ2n) is 8.93. The third kappa shape index (κ3) is 9.84. The van der Waals surface area contributed by atoms with Crippen LogP contribution in [0, 0.1) is 5.41 Å². The molecule has 1 aliphatic heterocycles. The van der Waals surface area contributed by atoms with E-state index in [-0.39, 0.29) is 5.41 Å². The van der Waals surface area contributed by atoms with Crippen LogP contribution in [-0.2, 0) is 28.0 Å². The Morgan fingerprint density at radius 1 is 0.741 bits per heavy atom. The minimum atomic E-state index is -3.10. The third-order valence-electron chi connectivity index (χ3n) is 4.00. The highest BCUT2D eigenvalue weighted by atomic mass is 31.2. The van der Waals surface area contributed by atoms with Crippen LogP contribution < -0.4 is 0 Å². The Morgan fingerprint density at radius 3 is 1.44 bits per heavy atom. The Kier molecular flexibility index (Phi) is 11.0. The summed E-state index contributed by atoms with van der Waals surface area (Å²) in [5.41, 5.74) is -0.0660. The predicted molar refractivity (Wildman–Crippen MR) is 108 cm³/mol. The van der Waals surface area contributed by atoms with Crippen LogP contribution in [0.3, 0.4) is 0 Å². The molecule has 0 N–H and O–H groups in total. The first-order chi connectivity index (χ1) is 12.6. The summed E-state index contributed by atoms with van der Waals surface area (Å²) in [7, 11) is -3.10. The van der Waals surface area contributed by atoms with Crippen molar-refractivity contribution in [3.8, 4) is 0 Å². The van der Waals surface area contributed by atoms with Crippen LogP contribution in [0.2, 0.25) is 0 Å². The summed E-state index contributed by atoms with van der Waals surface area (Å²) < 4.78 is 44.2. The summed E-state index contributed by atoms with van der Waals surface area (Å²) in [6.07, 6.45) is 0. The van der Waals surface area contributed by atoms with Crippen molar-refractivity contribution in [2.75, 3.05) is 72.6 Å². The van der Waals surface area contributed by atoms with Gasteiger partial charge in [-0.2, -0.15) is 0 Å². The molecule has 0 aromatic rings. The maximum atomic E-state index is 14.0. The average Bonchev–Trinajstić information content (AvgIpc) is 2.56. The molecule has 0 aromatic heterocycles. The molecule has 1 saturated heterocycles. The molecule has 8 heteroatoms. The molecule has 162 valence electrons. The molecule has 1 unspecified atom stereocenters. The summed E-state index contributed by atoms with van der Waals surface area (Å²) in [4.78, 5) is 0. The first kappa shape index (κ1) is 25.0. The monoisotopic (exact) mass is 409 g/mol. The number of ether oxygens (including phenoxy) is 4. The van der Waals surface area contributed by atoms with Crippen LogP contribution in [0.1, 0.15) is 41.5 Å². The van der Waals surface area contributed by atoms with E-state index < -0.39 is 12.7 Å². The highest BCUT2D eigenvalue weighted by molar-refractivity contribution is 7.58. The van der Waals surface area contributed by atoms with Crippen LogP contribution in [0.15, 0.2) is 0 Å². The van der Waals surface area contributed by atoms with Crippen LogP contribution in [-0.4, -0.2) is 82.4 Å². The van der Waals surface area contributed by atoms with Crippen molar-refractivity contribution < 1.29 is 28.0 Å². The predicted octanol–water partition coefficient (Wildman–Crippen LogP) is 3.42. The van der Waals surface area contributed by atoms with E-state index in [1.54, 1.807) is 0 Å². The van der Waals surface area contributed by atoms with Crippen LogP contribution in [0.4, 0.5) is 0 Å². The van der Waals surface area contributed by atoms with Crippen LogP contribution in [0.25, 0.3) is 0 Å². The van der Waals surface area contributed by atoms with Gasteiger partial charge in [-0.1, -0.05) is 20.8 Å². The average molecular weight is 410 g/mol. The largest absolute Gasteiger partial charge is 0.378 e. The van der Waals surface area contributed by atoms with Gasteiger partial charge in [0.2, 0.25) is 0 Å². The Bertz CT molecular complexity index is 430. The summed E-state index contributed by atoms with van der Waals surface area (Å²) in [5, 5.41) is -0.507. The van der Waals surface area contributed by atoms with Gasteiger partial charge in [0.25, 0.3) is 7.52 Å². The molecule has 1 atom stereocenters. The number of nitrogens with zero attached hydrogens (tertiary/aromatic N) is 1. The zero-order chi connectivity index (χ0) is 20.4. The smallest absolute Gasteiger partial charge is 0.277 e. The highest BCUT2D eigenvalue weighted by Crippen LogP contribution is 2.61. The van der Waals surface area contributed by atoms with Gasteiger partial charge in [-0.25, -0.2) is 4.67 Å². The maximum absolute atomic E-state index is 14.0. The van der Waals surface area contributed by atoms with E-state index in [4.69, 9.17) is 23.5 Å². The molecule has 0 aliphatic carbocycles. The molecule has 0 bridgehead atoms. The summed E-state index contributed by atoms with van der Waals surface area (Å²) >= 11 is 0. The molecule has 27 heavy (non-hydrogen) atoms. The van der Waals surface area contributed by atoms with Gasteiger partial charge < -0.3 is 23.5 Å². The van der Waals surface area contributed by atoms with Crippen molar-refractivity contribution >= 4 is 7.52 Å². The van der Waals surface area contributed by atoms with Gasteiger partial charge in [0.05, 0.1) is 64.6 Å². The third-order valence-corrected chi connectivity index (χ3v) is 7.32. The molecule has 0 saturated carbocycles. The maximum Gasteiger partial charge on any atom is 0.277 e. The fourth-order valence-corrected chi connectivity index (χ4v) is 5.11. The number of rotatable bonds is 3. The van der Waals surface area contributed by atoms with E-state index in [9.17, 15) is 4.57 Å². The van der Waals surface area contributed by atoms with Gasteiger partial charge in [-0.15, -0.1) is 0 Å². The lowest BCUT2D eigenvalue weighted by Crippen LogP contribution is -2.37. The first-order valence-electron chi connectivity index (χ1n) is 9.87. The second-order valence-corrected chi connectivity index (χ2v) is 12.1. The molecular formula is C19H40NO6P. The van der Waals surface area contributed by atoms with Crippen LogP contribution in [0.5, 0.6) is 0 Å². The van der Waals surface area contributed by atoms with Gasteiger partial charge in [-0.3, -0.25) is 4.57 Å². The van der Waals surface area contributed by atoms with Crippen molar-refractivity contribution in [2.45, 2.75) is 46.7 Å². The van der Waals surface area contributed by atoms with Crippen molar-refractivity contribution in [3.05, 3.63) is 0 Å². The van der Waals surface area contributed by atoms with Gasteiger partial charge in [0.1, 0.15) is 0 Å². The molecule has 1 rings (SSSR count). The minimum Gasteiger partial charge on any atom is -0.378 e. The van der Waals surface area contributed by atoms with E-state index in [0.717, 1.165) is 0 Å². The van der Waals surface area contributed by atoms with E-state index in [0.29, 0.717) is 72.6 Å². The van der Waals surface area contributed by atoms with E-state index in [1.807, 2.05) is 25.4 Å². The molecule has 7 nitrogen and oxygen atoms in total. The first-order valence-corrected chi connectivity index (χ1v) is 11.5. The standard InChI is InChI=1S/C19H40NO6P/c1-18(2,3)17-26-27(21,19(4,5)6)20-7-9-22-11-13-24-15-16-25-14-12-23-10-8-20/h7-17H2,1-6H3. The number of hydrogen-bond acceptors (Lipinski definition) is 6. The molecule has 1 heterocycles. The van der Waals surface area contributed by atoms with Gasteiger partial charge in [0.15, 0.2) is 0 Å². The molecular weight excluding hydrogens is 369 g/mol. The van der Waals surface area contributed by atoms with Gasteiger partial charge in [0, 0.05) is 13.1 Å². The lowest BCUT2D eigenvalue weighted by molar-refractivity contribution is 0.00206. The van der Waals surface area contributed by atoms with E-state index in [1.165, 1.54) is 0 Å². The van der Waals surface area contributed by atoms with Crippen molar-refractivity contribution in [3.63, 3.8) is 0 Å². The fraction of sp³-hybridized carbons (Fsp3) is 1.00. The lowest BCUT2D eigenvalue weighted by Gasteiger charge is -2.40.